The fourth-order valence-electron chi connectivity index (χ4n) is 5.29. The highest BCUT2D eigenvalue weighted by molar-refractivity contribution is 6.37. The van der Waals surface area contributed by atoms with Crippen LogP contribution in [0.1, 0.15) is 43.8 Å². The number of hydrogen-bond donors (Lipinski definition) is 4. The summed E-state index contributed by atoms with van der Waals surface area (Å²) >= 11 is 0. The maximum Gasteiger partial charge on any atom is 0.336 e. The second-order valence-electron chi connectivity index (χ2n) is 10.5. The molecular weight excluding hydrogens is 518 g/mol. The minimum absolute atomic E-state index is 0.126. The molecule has 0 aliphatic carbocycles. The molecule has 0 spiro atoms. The van der Waals surface area contributed by atoms with Crippen molar-refractivity contribution in [2.24, 2.45) is 0 Å². The van der Waals surface area contributed by atoms with Gasteiger partial charge < -0.3 is 30.9 Å². The number of amides is 2. The van der Waals surface area contributed by atoms with Gasteiger partial charge in [-0.05, 0) is 81.0 Å². The molecule has 41 heavy (non-hydrogen) atoms. The number of rotatable bonds is 8. The van der Waals surface area contributed by atoms with E-state index < -0.39 is 5.97 Å². The Morgan fingerprint density at radius 3 is 2.44 bits per heavy atom. The summed E-state index contributed by atoms with van der Waals surface area (Å²) in [7, 11) is 2.14. The predicted molar refractivity (Wildman–Crippen MR) is 161 cm³/mol. The molecular formula is C32H35N5O4. The average molecular weight is 554 g/mol. The van der Waals surface area contributed by atoms with E-state index in [0.717, 1.165) is 44.7 Å². The van der Waals surface area contributed by atoms with Crippen LogP contribution in [0.4, 0.5) is 11.4 Å². The lowest BCUT2D eigenvalue weighted by Crippen LogP contribution is -2.36. The van der Waals surface area contributed by atoms with Gasteiger partial charge in [-0.25, -0.2) is 4.79 Å². The van der Waals surface area contributed by atoms with Crippen LogP contribution in [-0.2, 0) is 4.79 Å². The largest absolute Gasteiger partial charge is 0.478 e. The second kappa shape index (κ2) is 12.4. The molecule has 2 aliphatic rings. The van der Waals surface area contributed by atoms with Gasteiger partial charge in [0.25, 0.3) is 11.8 Å². The van der Waals surface area contributed by atoms with E-state index in [2.05, 4.69) is 32.8 Å². The van der Waals surface area contributed by atoms with Crippen molar-refractivity contribution in [3.05, 3.63) is 94.5 Å². The smallest absolute Gasteiger partial charge is 0.336 e. The first-order chi connectivity index (χ1) is 19.8. The third kappa shape index (κ3) is 6.48. The molecule has 2 amide bonds. The summed E-state index contributed by atoms with van der Waals surface area (Å²) in [5, 5.41) is 18.8. The molecule has 1 fully saturated rings. The second-order valence-corrected chi connectivity index (χ2v) is 10.5. The SMILES string of the molecule is Cc1cc2c(cc1C(=O)O)NC(=O)/C2=C(\Nc1ccc(C(=O)NCCN2CCCN(C)CC2)cc1)c1ccccc1. The Kier molecular flexibility index (Phi) is 8.47. The Labute approximate surface area is 239 Å². The molecule has 212 valence electrons. The fraction of sp³-hybridized carbons (Fsp3) is 0.281. The van der Waals surface area contributed by atoms with Crippen molar-refractivity contribution in [2.45, 2.75) is 13.3 Å². The van der Waals surface area contributed by atoms with Gasteiger partial charge in [0.2, 0.25) is 0 Å². The molecule has 0 atom stereocenters. The molecule has 3 aromatic rings. The quantitative estimate of drug-likeness (QED) is 0.312. The van der Waals surface area contributed by atoms with Gasteiger partial charge in [-0.2, -0.15) is 0 Å². The Balaban J connectivity index is 1.34. The van der Waals surface area contributed by atoms with E-state index in [1.54, 1.807) is 25.1 Å². The lowest BCUT2D eigenvalue weighted by atomic mass is 9.96. The first kappa shape index (κ1) is 28.1. The van der Waals surface area contributed by atoms with Crippen molar-refractivity contribution in [2.75, 3.05) is 56.9 Å². The van der Waals surface area contributed by atoms with E-state index in [9.17, 15) is 19.5 Å². The molecule has 3 aromatic carbocycles. The summed E-state index contributed by atoms with van der Waals surface area (Å²) in [6, 6.07) is 19.9. The van der Waals surface area contributed by atoms with Crippen molar-refractivity contribution < 1.29 is 19.5 Å². The number of carbonyl (C=O) groups is 3. The monoisotopic (exact) mass is 553 g/mol. The molecule has 5 rings (SSSR count). The molecule has 2 heterocycles. The van der Waals surface area contributed by atoms with Crippen LogP contribution in [0.2, 0.25) is 0 Å². The molecule has 0 bridgehead atoms. The number of likely N-dealkylation sites (N-methyl/N-ethyl adjacent to an activating group) is 1. The number of benzene rings is 3. The Morgan fingerprint density at radius 2 is 1.71 bits per heavy atom. The van der Waals surface area contributed by atoms with Gasteiger partial charge in [-0.15, -0.1) is 0 Å². The first-order valence-corrected chi connectivity index (χ1v) is 13.9. The molecule has 1 saturated heterocycles. The van der Waals surface area contributed by atoms with E-state index >= 15 is 0 Å². The summed E-state index contributed by atoms with van der Waals surface area (Å²) in [5.74, 6) is -1.49. The lowest BCUT2D eigenvalue weighted by Gasteiger charge is -2.20. The number of carbonyl (C=O) groups excluding carboxylic acids is 2. The van der Waals surface area contributed by atoms with Crippen molar-refractivity contribution >= 4 is 40.4 Å². The highest BCUT2D eigenvalue weighted by atomic mass is 16.4. The van der Waals surface area contributed by atoms with Crippen molar-refractivity contribution in [1.82, 2.24) is 15.1 Å². The Bertz CT molecular complexity index is 1480. The number of hydrogen-bond acceptors (Lipinski definition) is 6. The molecule has 0 aromatic heterocycles. The van der Waals surface area contributed by atoms with Crippen LogP contribution in [0.3, 0.4) is 0 Å². The molecule has 2 aliphatic heterocycles. The number of carboxylic acids is 1. The van der Waals surface area contributed by atoms with E-state index in [0.29, 0.717) is 45.9 Å². The van der Waals surface area contributed by atoms with Crippen LogP contribution in [0.25, 0.3) is 11.3 Å². The van der Waals surface area contributed by atoms with Gasteiger partial charge in [0.05, 0.1) is 22.5 Å². The minimum Gasteiger partial charge on any atom is -0.478 e. The van der Waals surface area contributed by atoms with E-state index in [4.69, 9.17) is 0 Å². The highest BCUT2D eigenvalue weighted by Crippen LogP contribution is 2.39. The number of carboxylic acid groups (broad SMARTS) is 1. The number of anilines is 2. The van der Waals surface area contributed by atoms with E-state index in [1.807, 2.05) is 42.5 Å². The van der Waals surface area contributed by atoms with Crippen LogP contribution in [0.15, 0.2) is 66.7 Å². The standard InChI is InChI=1S/C32H35N5O4/c1-21-19-26-27(20-25(21)32(40)41)35-31(39)28(26)29(22-7-4-3-5-8-22)34-24-11-9-23(10-12-24)30(38)33-13-16-37-15-6-14-36(2)17-18-37/h3-5,7-12,19-20,34H,6,13-18H2,1-2H3,(H,33,38)(H,35,39)(H,40,41)/b29-28-. The molecule has 0 saturated carbocycles. The van der Waals surface area contributed by atoms with Crippen molar-refractivity contribution in [1.29, 1.82) is 0 Å². The minimum atomic E-state index is -1.04. The Morgan fingerprint density at radius 1 is 0.951 bits per heavy atom. The molecule has 9 nitrogen and oxygen atoms in total. The van der Waals surface area contributed by atoms with Crippen molar-refractivity contribution in [3.8, 4) is 0 Å². The number of aryl methyl sites for hydroxylation is 1. The molecule has 0 radical (unpaired) electrons. The third-order valence-electron chi connectivity index (χ3n) is 7.59. The van der Waals surface area contributed by atoms with Crippen molar-refractivity contribution in [3.63, 3.8) is 0 Å². The zero-order valence-corrected chi connectivity index (χ0v) is 23.4. The molecule has 4 N–H and O–H groups in total. The average Bonchev–Trinajstić information content (AvgIpc) is 3.12. The zero-order valence-electron chi connectivity index (χ0n) is 23.4. The molecule has 9 heteroatoms. The van der Waals surface area contributed by atoms with Gasteiger partial charge in [0.15, 0.2) is 0 Å². The lowest BCUT2D eigenvalue weighted by molar-refractivity contribution is -0.110. The fourth-order valence-corrected chi connectivity index (χ4v) is 5.29. The van der Waals surface area contributed by atoms with Gasteiger partial charge >= 0.3 is 5.97 Å². The van der Waals surface area contributed by atoms with E-state index in [1.165, 1.54) is 6.07 Å². The first-order valence-electron chi connectivity index (χ1n) is 13.9. The number of nitrogens with zero attached hydrogens (tertiary/aromatic N) is 2. The number of aromatic carboxylic acids is 1. The maximum atomic E-state index is 13.2. The van der Waals surface area contributed by atoms with Gasteiger partial charge in [0.1, 0.15) is 0 Å². The summed E-state index contributed by atoms with van der Waals surface area (Å²) in [4.78, 5) is 42.4. The summed E-state index contributed by atoms with van der Waals surface area (Å²) < 4.78 is 0. The normalized spacial score (nSPS) is 16.9. The topological polar surface area (TPSA) is 114 Å². The van der Waals surface area contributed by atoms with Crippen LogP contribution < -0.4 is 16.0 Å². The Hall–Kier alpha value is -4.47. The van der Waals surface area contributed by atoms with Crippen LogP contribution in [0, 0.1) is 6.92 Å². The molecule has 0 unspecified atom stereocenters. The summed E-state index contributed by atoms with van der Waals surface area (Å²) in [5.41, 5.74) is 4.88. The highest BCUT2D eigenvalue weighted by Gasteiger charge is 2.30. The van der Waals surface area contributed by atoms with Gasteiger partial charge in [-0.1, -0.05) is 30.3 Å². The van der Waals surface area contributed by atoms with Crippen LogP contribution in [-0.4, -0.2) is 79.0 Å². The zero-order chi connectivity index (χ0) is 28.9. The summed E-state index contributed by atoms with van der Waals surface area (Å²) in [6.07, 6.45) is 1.14. The van der Waals surface area contributed by atoms with Crippen LogP contribution in [0.5, 0.6) is 0 Å². The maximum absolute atomic E-state index is 13.2. The summed E-state index contributed by atoms with van der Waals surface area (Å²) in [6.45, 7) is 7.33. The predicted octanol–water partition coefficient (Wildman–Crippen LogP) is 3.99. The van der Waals surface area contributed by atoms with Crippen LogP contribution >= 0.6 is 0 Å². The third-order valence-corrected chi connectivity index (χ3v) is 7.59. The number of fused-ring (bicyclic) bond motifs is 1. The van der Waals surface area contributed by atoms with E-state index in [-0.39, 0.29) is 17.4 Å². The number of nitrogens with one attached hydrogen (secondary N) is 3. The van der Waals surface area contributed by atoms with Gasteiger partial charge in [0, 0.05) is 43.0 Å². The van der Waals surface area contributed by atoms with Gasteiger partial charge in [-0.3, -0.25) is 9.59 Å².